The summed E-state index contributed by atoms with van der Waals surface area (Å²) in [5, 5.41) is 16.0. The van der Waals surface area contributed by atoms with E-state index in [-0.39, 0.29) is 17.3 Å². The lowest BCUT2D eigenvalue weighted by Gasteiger charge is -2.36. The highest BCUT2D eigenvalue weighted by molar-refractivity contribution is 6.11. The van der Waals surface area contributed by atoms with Gasteiger partial charge in [0.05, 0.1) is 22.2 Å². The molecule has 1 aromatic heterocycles. The quantitative estimate of drug-likeness (QED) is 0.480. The molecule has 0 radical (unpaired) electrons. The van der Waals surface area contributed by atoms with Crippen LogP contribution in [0.25, 0.3) is 16.9 Å². The van der Waals surface area contributed by atoms with Gasteiger partial charge in [-0.05, 0) is 42.7 Å². The number of carbonyl (C=O) groups is 1. The number of carbonyl (C=O) groups excluding carboxylic acids is 1. The number of nitro groups is 1. The number of amides is 1. The summed E-state index contributed by atoms with van der Waals surface area (Å²) in [5.41, 5.74) is 0.876. The lowest BCUT2D eigenvalue weighted by molar-refractivity contribution is -0.384. The van der Waals surface area contributed by atoms with E-state index in [1.807, 2.05) is 0 Å². The average Bonchev–Trinajstić information content (AvgIpc) is 3.23. The Kier molecular flexibility index (Phi) is 3.80. The van der Waals surface area contributed by atoms with Gasteiger partial charge in [0.25, 0.3) is 5.69 Å². The topological polar surface area (TPSA) is 81.3 Å². The predicted molar refractivity (Wildman–Crippen MR) is 105 cm³/mol. The van der Waals surface area contributed by atoms with Crippen molar-refractivity contribution in [2.24, 2.45) is 0 Å². The molecule has 5 rings (SSSR count). The van der Waals surface area contributed by atoms with Crippen molar-refractivity contribution >= 4 is 17.3 Å². The van der Waals surface area contributed by atoms with Gasteiger partial charge in [-0.25, -0.2) is 13.5 Å². The predicted octanol–water partition coefficient (Wildman–Crippen LogP) is 4.12. The van der Waals surface area contributed by atoms with E-state index in [2.05, 4.69) is 5.10 Å². The van der Waals surface area contributed by atoms with Gasteiger partial charge < -0.3 is 4.90 Å². The van der Waals surface area contributed by atoms with Crippen LogP contribution >= 0.6 is 0 Å². The van der Waals surface area contributed by atoms with Gasteiger partial charge >= 0.3 is 0 Å². The maximum atomic E-state index is 14.4. The number of anilines is 1. The molecule has 0 unspecified atom stereocenters. The van der Waals surface area contributed by atoms with Crippen LogP contribution in [0.15, 0.2) is 42.6 Å². The first kappa shape index (κ1) is 18.4. The zero-order chi connectivity index (χ0) is 21.2. The van der Waals surface area contributed by atoms with E-state index in [0.29, 0.717) is 35.3 Å². The molecule has 0 atom stereocenters. The molecule has 1 aliphatic carbocycles. The molecule has 1 amide bonds. The molecular weight excluding hydrogens is 394 g/mol. The van der Waals surface area contributed by atoms with Gasteiger partial charge in [0, 0.05) is 24.7 Å². The zero-order valence-corrected chi connectivity index (χ0v) is 15.9. The number of nitrogens with zero attached hydrogens (tertiary/aromatic N) is 4. The van der Waals surface area contributed by atoms with E-state index < -0.39 is 22.0 Å². The largest absolute Gasteiger partial charge is 0.309 e. The molecule has 2 heterocycles. The van der Waals surface area contributed by atoms with Crippen molar-refractivity contribution in [1.82, 2.24) is 9.78 Å². The SMILES string of the molecule is CN1C(=O)C2(CCC2)c2cc(-c3ccnn3-c3ccc(F)cc3F)cc([N+](=O)[O-])c21. The van der Waals surface area contributed by atoms with Crippen LogP contribution in [-0.4, -0.2) is 27.7 Å². The second-order valence-electron chi connectivity index (χ2n) is 7.67. The number of aromatic nitrogens is 2. The molecule has 2 aliphatic rings. The molecule has 0 bridgehead atoms. The van der Waals surface area contributed by atoms with Crippen LogP contribution in [0.5, 0.6) is 0 Å². The summed E-state index contributed by atoms with van der Waals surface area (Å²) in [7, 11) is 1.55. The lowest BCUT2D eigenvalue weighted by atomic mass is 9.65. The first-order valence-electron chi connectivity index (χ1n) is 9.44. The first-order chi connectivity index (χ1) is 14.3. The Morgan fingerprint density at radius 2 is 1.93 bits per heavy atom. The Bertz CT molecular complexity index is 1230. The van der Waals surface area contributed by atoms with Crippen molar-refractivity contribution in [2.75, 3.05) is 11.9 Å². The number of fused-ring (bicyclic) bond motifs is 2. The van der Waals surface area contributed by atoms with Gasteiger partial charge in [0.15, 0.2) is 5.82 Å². The third kappa shape index (κ3) is 2.35. The van der Waals surface area contributed by atoms with E-state index in [4.69, 9.17) is 0 Å². The van der Waals surface area contributed by atoms with E-state index in [0.717, 1.165) is 18.6 Å². The zero-order valence-electron chi connectivity index (χ0n) is 15.9. The molecule has 9 heteroatoms. The molecule has 1 saturated carbocycles. The summed E-state index contributed by atoms with van der Waals surface area (Å²) in [6, 6.07) is 7.86. The normalized spacial score (nSPS) is 16.6. The molecule has 1 aliphatic heterocycles. The van der Waals surface area contributed by atoms with Gasteiger partial charge in [-0.3, -0.25) is 14.9 Å². The van der Waals surface area contributed by atoms with Crippen LogP contribution in [0.3, 0.4) is 0 Å². The monoisotopic (exact) mass is 410 g/mol. The van der Waals surface area contributed by atoms with Gasteiger partial charge in [-0.2, -0.15) is 5.10 Å². The van der Waals surface area contributed by atoms with Crippen molar-refractivity contribution in [2.45, 2.75) is 24.7 Å². The summed E-state index contributed by atoms with van der Waals surface area (Å²) < 4.78 is 29.0. The molecule has 3 aromatic rings. The van der Waals surface area contributed by atoms with Crippen LogP contribution in [0, 0.1) is 21.7 Å². The molecule has 1 fully saturated rings. The fourth-order valence-electron chi connectivity index (χ4n) is 4.54. The number of benzene rings is 2. The van der Waals surface area contributed by atoms with Gasteiger partial charge in [-0.15, -0.1) is 0 Å². The minimum atomic E-state index is -0.805. The van der Waals surface area contributed by atoms with E-state index in [9.17, 15) is 23.7 Å². The highest BCUT2D eigenvalue weighted by atomic mass is 19.1. The minimum absolute atomic E-state index is 0.0195. The van der Waals surface area contributed by atoms with Crippen molar-refractivity contribution in [1.29, 1.82) is 0 Å². The lowest BCUT2D eigenvalue weighted by Crippen LogP contribution is -2.43. The number of nitro benzene ring substituents is 1. The smallest absolute Gasteiger partial charge is 0.293 e. The summed E-state index contributed by atoms with van der Waals surface area (Å²) in [6.07, 6.45) is 3.58. The van der Waals surface area contributed by atoms with Crippen LogP contribution in [0.4, 0.5) is 20.2 Å². The van der Waals surface area contributed by atoms with Crippen molar-refractivity contribution in [3.8, 4) is 16.9 Å². The van der Waals surface area contributed by atoms with Crippen molar-refractivity contribution < 1.29 is 18.5 Å². The fraction of sp³-hybridized carbons (Fsp3) is 0.238. The van der Waals surface area contributed by atoms with Crippen LogP contribution in [0.2, 0.25) is 0 Å². The van der Waals surface area contributed by atoms with Gasteiger partial charge in [0.2, 0.25) is 5.91 Å². The maximum Gasteiger partial charge on any atom is 0.293 e. The number of likely N-dealkylation sites (N-methyl/N-ethyl adjacent to an activating group) is 1. The third-order valence-corrected chi connectivity index (χ3v) is 6.14. The molecular formula is C21H16F2N4O3. The summed E-state index contributed by atoms with van der Waals surface area (Å²) >= 11 is 0. The molecule has 7 nitrogen and oxygen atoms in total. The Morgan fingerprint density at radius 1 is 1.17 bits per heavy atom. The molecule has 0 saturated heterocycles. The Balaban J connectivity index is 1.74. The fourth-order valence-corrected chi connectivity index (χ4v) is 4.54. The third-order valence-electron chi connectivity index (χ3n) is 6.14. The van der Waals surface area contributed by atoms with E-state index in [1.54, 1.807) is 19.2 Å². The molecule has 2 aromatic carbocycles. The molecule has 152 valence electrons. The number of hydrogen-bond donors (Lipinski definition) is 0. The second kappa shape index (κ2) is 6.19. The molecule has 30 heavy (non-hydrogen) atoms. The standard InChI is InChI=1S/C21H16F2N4O3/c1-25-19-14(21(20(25)28)6-2-7-21)9-12(10-18(19)27(29)30)16-5-8-24-26(16)17-4-3-13(22)11-15(17)23/h3-5,8-11H,2,6-7H2,1H3. The Morgan fingerprint density at radius 3 is 2.57 bits per heavy atom. The summed E-state index contributed by atoms with van der Waals surface area (Å²) in [5.74, 6) is -1.66. The average molecular weight is 410 g/mol. The van der Waals surface area contributed by atoms with Crippen molar-refractivity contribution in [3.05, 3.63) is 69.9 Å². The van der Waals surface area contributed by atoms with E-state index >= 15 is 0 Å². The Labute approximate surface area is 169 Å². The van der Waals surface area contributed by atoms with Crippen LogP contribution < -0.4 is 4.90 Å². The van der Waals surface area contributed by atoms with Crippen molar-refractivity contribution in [3.63, 3.8) is 0 Å². The Hall–Kier alpha value is -3.62. The number of hydrogen-bond acceptors (Lipinski definition) is 4. The second-order valence-corrected chi connectivity index (χ2v) is 7.67. The van der Waals surface area contributed by atoms with Gasteiger partial charge in [0.1, 0.15) is 17.2 Å². The van der Waals surface area contributed by atoms with Crippen LogP contribution in [0.1, 0.15) is 24.8 Å². The molecule has 0 N–H and O–H groups in total. The maximum absolute atomic E-state index is 14.4. The summed E-state index contributed by atoms with van der Waals surface area (Å²) in [4.78, 5) is 25.6. The molecule has 1 spiro atoms. The van der Waals surface area contributed by atoms with Crippen LogP contribution in [-0.2, 0) is 10.2 Å². The van der Waals surface area contributed by atoms with E-state index in [1.165, 1.54) is 27.9 Å². The van der Waals surface area contributed by atoms with Gasteiger partial charge in [-0.1, -0.05) is 6.42 Å². The minimum Gasteiger partial charge on any atom is -0.309 e. The number of halogens is 2. The summed E-state index contributed by atoms with van der Waals surface area (Å²) in [6.45, 7) is 0. The number of rotatable bonds is 3. The first-order valence-corrected chi connectivity index (χ1v) is 9.44. The highest BCUT2D eigenvalue weighted by Crippen LogP contribution is 2.56. The highest BCUT2D eigenvalue weighted by Gasteiger charge is 2.55.